The number of carbonyl (C=O) groups excluding carboxylic acids is 2. The number of aliphatic hydroxyl groups excluding tert-OH is 2. The van der Waals surface area contributed by atoms with Gasteiger partial charge in [0, 0.05) is 24.5 Å². The molecule has 0 saturated carbocycles. The minimum Gasteiger partial charge on any atom is -0.392 e. The van der Waals surface area contributed by atoms with Crippen LogP contribution in [0, 0.1) is 0 Å². The summed E-state index contributed by atoms with van der Waals surface area (Å²) in [6.07, 6.45) is -1.08. The van der Waals surface area contributed by atoms with Gasteiger partial charge < -0.3 is 10.2 Å². The quantitative estimate of drug-likeness (QED) is 0.498. The molecule has 0 spiro atoms. The average Bonchev–Trinajstić information content (AvgIpc) is 3.68. The maximum absolute atomic E-state index is 13.9. The number of anilines is 2. The number of hydrogen-bond donors (Lipinski definition) is 2. The molecule has 0 unspecified atom stereocenters. The Bertz CT molecular complexity index is 1400. The van der Waals surface area contributed by atoms with Crippen LogP contribution >= 0.6 is 0 Å². The van der Waals surface area contributed by atoms with Gasteiger partial charge in [-0.1, -0.05) is 69.3 Å². The molecule has 2 N–H and O–H groups in total. The first-order valence-corrected chi connectivity index (χ1v) is 14.9. The van der Waals surface area contributed by atoms with E-state index in [1.54, 1.807) is 0 Å². The Morgan fingerprint density at radius 3 is 1.43 bits per heavy atom. The lowest BCUT2D eigenvalue weighted by molar-refractivity contribution is -0.120. The molecule has 0 radical (unpaired) electrons. The molecule has 0 aliphatic carbocycles. The van der Waals surface area contributed by atoms with Gasteiger partial charge in [0.1, 0.15) is 12.3 Å². The minimum absolute atomic E-state index is 0.00449. The van der Waals surface area contributed by atoms with Gasteiger partial charge in [-0.2, -0.15) is 0 Å². The molecule has 2 amide bonds. The Morgan fingerprint density at radius 2 is 1.05 bits per heavy atom. The van der Waals surface area contributed by atoms with Crippen molar-refractivity contribution >= 4 is 23.2 Å². The van der Waals surface area contributed by atoms with Gasteiger partial charge in [-0.25, -0.2) is 0 Å². The molecule has 4 aliphatic heterocycles. The zero-order valence-corrected chi connectivity index (χ0v) is 24.3. The van der Waals surface area contributed by atoms with Crippen LogP contribution in [0.5, 0.6) is 0 Å². The van der Waals surface area contributed by atoms with E-state index in [-0.39, 0.29) is 29.3 Å². The van der Waals surface area contributed by atoms with Crippen LogP contribution in [0.15, 0.2) is 78.9 Å². The maximum Gasteiger partial charge on any atom is 0.246 e. The Hall–Kier alpha value is -3.56. The summed E-state index contributed by atoms with van der Waals surface area (Å²) >= 11 is 0. The molecule has 8 heteroatoms. The molecule has 3 aromatic carbocycles. The monoisotopic (exact) mass is 566 g/mol. The summed E-state index contributed by atoms with van der Waals surface area (Å²) in [6.45, 7) is 7.34. The lowest BCUT2D eigenvalue weighted by Crippen LogP contribution is -2.36. The second-order valence-electron chi connectivity index (χ2n) is 13.2. The van der Waals surface area contributed by atoms with Crippen molar-refractivity contribution in [2.24, 2.45) is 0 Å². The smallest absolute Gasteiger partial charge is 0.246 e. The fraction of sp³-hybridized carbons (Fsp3) is 0.412. The molecule has 0 aromatic heterocycles. The van der Waals surface area contributed by atoms with Gasteiger partial charge in [0.15, 0.2) is 0 Å². The number of fused-ring (bicyclic) bond motifs is 2. The number of benzene rings is 3. The molecule has 4 fully saturated rings. The molecule has 8 nitrogen and oxygen atoms in total. The topological polar surface area (TPSA) is 87.6 Å². The van der Waals surface area contributed by atoms with Crippen LogP contribution in [0.3, 0.4) is 0 Å². The van der Waals surface area contributed by atoms with E-state index in [0.29, 0.717) is 25.9 Å². The summed E-state index contributed by atoms with van der Waals surface area (Å²) in [5.74, 6) is -0.00899. The van der Waals surface area contributed by atoms with E-state index in [2.05, 4.69) is 48.8 Å². The zero-order chi connectivity index (χ0) is 29.3. The highest BCUT2D eigenvalue weighted by Crippen LogP contribution is 2.47. The highest BCUT2D eigenvalue weighted by molar-refractivity contribution is 6.01. The van der Waals surface area contributed by atoms with Crippen LogP contribution < -0.4 is 9.80 Å². The SMILES string of the molecule is CC(C)(C)c1cc([C@H]2N(c3ccccc3)C(=O)[C@@H]3C[C@@H](O)CN32)cc([C@H]2N(c3ccccc3)C(=O)[C@@H]3C[C@@H](O)CN32)c1. The summed E-state index contributed by atoms with van der Waals surface area (Å²) in [4.78, 5) is 35.8. The molecule has 0 bridgehead atoms. The van der Waals surface area contributed by atoms with E-state index in [4.69, 9.17) is 0 Å². The highest BCUT2D eigenvalue weighted by atomic mass is 16.3. The van der Waals surface area contributed by atoms with Crippen LogP contribution in [-0.4, -0.2) is 69.2 Å². The molecule has 218 valence electrons. The van der Waals surface area contributed by atoms with Crippen LogP contribution in [0.4, 0.5) is 11.4 Å². The Kier molecular flexibility index (Phi) is 6.51. The molecule has 4 heterocycles. The van der Waals surface area contributed by atoms with Crippen molar-refractivity contribution < 1.29 is 19.8 Å². The predicted octanol–water partition coefficient (Wildman–Crippen LogP) is 3.95. The van der Waals surface area contributed by atoms with Crippen molar-refractivity contribution in [1.29, 1.82) is 0 Å². The van der Waals surface area contributed by atoms with Crippen molar-refractivity contribution in [3.63, 3.8) is 0 Å². The van der Waals surface area contributed by atoms with E-state index in [1.165, 1.54) is 0 Å². The van der Waals surface area contributed by atoms with E-state index in [9.17, 15) is 19.8 Å². The van der Waals surface area contributed by atoms with Gasteiger partial charge >= 0.3 is 0 Å². The fourth-order valence-electron chi connectivity index (χ4n) is 7.36. The third kappa shape index (κ3) is 4.36. The van der Waals surface area contributed by atoms with Crippen molar-refractivity contribution in [2.45, 2.75) is 75.7 Å². The summed E-state index contributed by atoms with van der Waals surface area (Å²) < 4.78 is 0. The molecule has 6 atom stereocenters. The lowest BCUT2D eigenvalue weighted by atomic mass is 9.84. The number of amides is 2. The van der Waals surface area contributed by atoms with Crippen molar-refractivity contribution in [3.8, 4) is 0 Å². The Morgan fingerprint density at radius 1 is 0.643 bits per heavy atom. The van der Waals surface area contributed by atoms with E-state index < -0.39 is 24.5 Å². The van der Waals surface area contributed by atoms with Crippen LogP contribution in [0.25, 0.3) is 0 Å². The van der Waals surface area contributed by atoms with Crippen molar-refractivity contribution in [1.82, 2.24) is 9.80 Å². The lowest BCUT2D eigenvalue weighted by Gasteiger charge is -2.35. The van der Waals surface area contributed by atoms with Crippen LogP contribution in [0.2, 0.25) is 0 Å². The van der Waals surface area contributed by atoms with E-state index in [1.807, 2.05) is 70.5 Å². The Balaban J connectivity index is 1.41. The maximum atomic E-state index is 13.9. The predicted molar refractivity (Wildman–Crippen MR) is 161 cm³/mol. The highest BCUT2D eigenvalue weighted by Gasteiger charge is 2.54. The van der Waals surface area contributed by atoms with Crippen molar-refractivity contribution in [2.75, 3.05) is 22.9 Å². The molecule has 42 heavy (non-hydrogen) atoms. The van der Waals surface area contributed by atoms with Gasteiger partial charge in [-0.3, -0.25) is 29.2 Å². The van der Waals surface area contributed by atoms with E-state index >= 15 is 0 Å². The van der Waals surface area contributed by atoms with Gasteiger partial charge in [0.05, 0.1) is 24.3 Å². The number of para-hydroxylation sites is 2. The first kappa shape index (κ1) is 27.3. The summed E-state index contributed by atoms with van der Waals surface area (Å²) in [7, 11) is 0. The number of carbonyl (C=O) groups is 2. The summed E-state index contributed by atoms with van der Waals surface area (Å²) in [5.41, 5.74) is 4.44. The minimum atomic E-state index is -0.558. The second-order valence-corrected chi connectivity index (χ2v) is 13.2. The number of aliphatic hydroxyl groups is 2. The standard InChI is InChI=1S/C34H38N4O4/c1-34(2,3)23-15-21(30-35-19-26(39)17-28(35)32(41)37(30)24-10-6-4-7-11-24)14-22(16-23)31-36-20-27(40)18-29(36)33(42)38(31)25-12-8-5-9-13-25/h4-16,26-31,39-40H,17-20H2,1-3H3/t26-,27-,28+,29+,30-,31-/m1/s1. The van der Waals surface area contributed by atoms with Gasteiger partial charge in [0.2, 0.25) is 11.8 Å². The fourth-order valence-corrected chi connectivity index (χ4v) is 7.36. The van der Waals surface area contributed by atoms with Crippen LogP contribution in [-0.2, 0) is 15.0 Å². The Labute approximate surface area is 246 Å². The third-order valence-electron chi connectivity index (χ3n) is 9.31. The number of rotatable bonds is 4. The van der Waals surface area contributed by atoms with Crippen LogP contribution in [0.1, 0.15) is 62.6 Å². The number of hydrogen-bond acceptors (Lipinski definition) is 6. The summed E-state index contributed by atoms with van der Waals surface area (Å²) in [6, 6.07) is 25.2. The normalized spacial score (nSPS) is 29.9. The first-order valence-electron chi connectivity index (χ1n) is 14.9. The summed E-state index contributed by atoms with van der Waals surface area (Å²) in [5, 5.41) is 21.2. The molecule has 7 rings (SSSR count). The van der Waals surface area contributed by atoms with E-state index in [0.717, 1.165) is 28.1 Å². The molecular weight excluding hydrogens is 528 g/mol. The zero-order valence-electron chi connectivity index (χ0n) is 24.3. The average molecular weight is 567 g/mol. The van der Waals surface area contributed by atoms with Crippen molar-refractivity contribution in [3.05, 3.63) is 95.6 Å². The molecule has 4 aliphatic rings. The molecule has 3 aromatic rings. The molecular formula is C34H38N4O4. The second kappa shape index (κ2) is 10.0. The van der Waals surface area contributed by atoms with Gasteiger partial charge in [-0.05, 0) is 65.3 Å². The third-order valence-corrected chi connectivity index (χ3v) is 9.31. The first-order chi connectivity index (χ1) is 20.1. The van der Waals surface area contributed by atoms with Gasteiger partial charge in [0.25, 0.3) is 0 Å². The van der Waals surface area contributed by atoms with Gasteiger partial charge in [-0.15, -0.1) is 0 Å². The molecule has 4 saturated heterocycles. The number of nitrogens with zero attached hydrogens (tertiary/aromatic N) is 4. The largest absolute Gasteiger partial charge is 0.392 e.